The van der Waals surface area contributed by atoms with Gasteiger partial charge in [-0.15, -0.1) is 0 Å². The molecule has 0 aliphatic rings. The van der Waals surface area contributed by atoms with E-state index in [0.717, 1.165) is 11.4 Å². The lowest BCUT2D eigenvalue weighted by atomic mass is 10.4. The maximum Gasteiger partial charge on any atom is 0.159 e. The van der Waals surface area contributed by atoms with E-state index in [1.165, 1.54) is 6.33 Å². The smallest absolute Gasteiger partial charge is 0.159 e. The quantitative estimate of drug-likeness (QED) is 0.722. The monoisotopic (exact) mass is 189 g/mol. The Morgan fingerprint density at radius 2 is 2.00 bits per heavy atom. The fraction of sp³-hybridized carbons (Fsp3) is 0.222. The van der Waals surface area contributed by atoms with Crippen LogP contribution < -0.4 is 5.73 Å². The Kier molecular flexibility index (Phi) is 1.92. The first-order valence-electron chi connectivity index (χ1n) is 4.28. The van der Waals surface area contributed by atoms with Gasteiger partial charge in [0.1, 0.15) is 12.1 Å². The zero-order valence-electron chi connectivity index (χ0n) is 8.10. The summed E-state index contributed by atoms with van der Waals surface area (Å²) in [5.41, 5.74) is 7.55. The minimum Gasteiger partial charge on any atom is -0.384 e. The Labute approximate surface area is 81.6 Å². The fourth-order valence-electron chi connectivity index (χ4n) is 1.34. The molecule has 0 amide bonds. The van der Waals surface area contributed by atoms with Gasteiger partial charge in [0.05, 0.1) is 5.69 Å². The van der Waals surface area contributed by atoms with Crippen LogP contribution in [0.3, 0.4) is 0 Å². The molecule has 2 aromatic heterocycles. The SMILES string of the molecule is Cc1cc(C)n(-c2cc(N)ncn2)n1. The number of rotatable bonds is 1. The van der Waals surface area contributed by atoms with Crippen LogP contribution in [0.15, 0.2) is 18.5 Å². The van der Waals surface area contributed by atoms with Crippen molar-refractivity contribution in [3.05, 3.63) is 29.8 Å². The van der Waals surface area contributed by atoms with Gasteiger partial charge in [-0.3, -0.25) is 0 Å². The highest BCUT2D eigenvalue weighted by molar-refractivity contribution is 5.36. The van der Waals surface area contributed by atoms with Crippen LogP contribution in [0.4, 0.5) is 5.82 Å². The highest BCUT2D eigenvalue weighted by Gasteiger charge is 2.04. The van der Waals surface area contributed by atoms with Gasteiger partial charge in [-0.1, -0.05) is 0 Å². The van der Waals surface area contributed by atoms with E-state index in [0.29, 0.717) is 11.6 Å². The lowest BCUT2D eigenvalue weighted by Gasteiger charge is -2.02. The summed E-state index contributed by atoms with van der Waals surface area (Å²) in [6.07, 6.45) is 1.43. The zero-order valence-corrected chi connectivity index (χ0v) is 8.10. The van der Waals surface area contributed by atoms with Crippen molar-refractivity contribution in [2.45, 2.75) is 13.8 Å². The van der Waals surface area contributed by atoms with E-state index < -0.39 is 0 Å². The third kappa shape index (κ3) is 1.44. The van der Waals surface area contributed by atoms with Crippen molar-refractivity contribution >= 4 is 5.82 Å². The summed E-state index contributed by atoms with van der Waals surface area (Å²) in [4.78, 5) is 7.92. The molecule has 0 radical (unpaired) electrons. The predicted molar refractivity (Wildman–Crippen MR) is 53.0 cm³/mol. The molecule has 0 aliphatic heterocycles. The van der Waals surface area contributed by atoms with Crippen LogP contribution in [0, 0.1) is 13.8 Å². The van der Waals surface area contributed by atoms with E-state index in [2.05, 4.69) is 15.1 Å². The van der Waals surface area contributed by atoms with Gasteiger partial charge >= 0.3 is 0 Å². The molecule has 0 spiro atoms. The summed E-state index contributed by atoms with van der Waals surface area (Å²) in [5.74, 6) is 1.14. The topological polar surface area (TPSA) is 69.6 Å². The molecule has 0 atom stereocenters. The van der Waals surface area contributed by atoms with E-state index in [1.807, 2.05) is 19.9 Å². The molecule has 2 N–H and O–H groups in total. The van der Waals surface area contributed by atoms with E-state index in [-0.39, 0.29) is 0 Å². The van der Waals surface area contributed by atoms with Gasteiger partial charge in [-0.05, 0) is 19.9 Å². The van der Waals surface area contributed by atoms with Crippen molar-refractivity contribution in [1.82, 2.24) is 19.7 Å². The Bertz CT molecular complexity index is 460. The molecule has 2 rings (SSSR count). The molecule has 5 nitrogen and oxygen atoms in total. The molecule has 14 heavy (non-hydrogen) atoms. The van der Waals surface area contributed by atoms with Crippen LogP contribution in [-0.2, 0) is 0 Å². The maximum absolute atomic E-state index is 5.56. The average Bonchev–Trinajstić information content (AvgIpc) is 2.45. The van der Waals surface area contributed by atoms with E-state index in [9.17, 15) is 0 Å². The predicted octanol–water partition coefficient (Wildman–Crippen LogP) is 0.861. The van der Waals surface area contributed by atoms with Crippen molar-refractivity contribution in [2.75, 3.05) is 5.73 Å². The van der Waals surface area contributed by atoms with Gasteiger partial charge in [0.25, 0.3) is 0 Å². The summed E-state index contributed by atoms with van der Waals surface area (Å²) < 4.78 is 1.74. The van der Waals surface area contributed by atoms with Gasteiger partial charge in [0.15, 0.2) is 5.82 Å². The van der Waals surface area contributed by atoms with Crippen molar-refractivity contribution in [1.29, 1.82) is 0 Å². The van der Waals surface area contributed by atoms with Gasteiger partial charge in [-0.2, -0.15) is 5.10 Å². The first-order chi connectivity index (χ1) is 6.66. The third-order valence-corrected chi connectivity index (χ3v) is 1.90. The van der Waals surface area contributed by atoms with E-state index in [1.54, 1.807) is 10.7 Å². The first-order valence-corrected chi connectivity index (χ1v) is 4.28. The normalized spacial score (nSPS) is 10.4. The minimum absolute atomic E-state index is 0.447. The summed E-state index contributed by atoms with van der Waals surface area (Å²) in [5, 5.41) is 4.29. The second-order valence-corrected chi connectivity index (χ2v) is 3.14. The number of aryl methyl sites for hydroxylation is 2. The molecule has 0 saturated carbocycles. The Morgan fingerprint density at radius 3 is 2.57 bits per heavy atom. The summed E-state index contributed by atoms with van der Waals surface area (Å²) in [6, 6.07) is 3.68. The van der Waals surface area contributed by atoms with Crippen LogP contribution in [0.2, 0.25) is 0 Å². The standard InChI is InChI=1S/C9H11N5/c1-6-3-7(2)14(13-6)9-4-8(10)11-5-12-9/h3-5H,1-2H3,(H2,10,11,12). The molecule has 0 unspecified atom stereocenters. The first kappa shape index (κ1) is 8.68. The number of anilines is 1. The van der Waals surface area contributed by atoms with E-state index in [4.69, 9.17) is 5.73 Å². The number of nitrogens with zero attached hydrogens (tertiary/aromatic N) is 4. The lowest BCUT2D eigenvalue weighted by Crippen LogP contribution is -2.03. The minimum atomic E-state index is 0.447. The van der Waals surface area contributed by atoms with Crippen molar-refractivity contribution in [3.8, 4) is 5.82 Å². The number of nitrogens with two attached hydrogens (primary N) is 1. The van der Waals surface area contributed by atoms with Gasteiger partial charge in [0, 0.05) is 11.8 Å². The largest absolute Gasteiger partial charge is 0.384 e. The van der Waals surface area contributed by atoms with E-state index >= 15 is 0 Å². The van der Waals surface area contributed by atoms with Crippen LogP contribution in [0.5, 0.6) is 0 Å². The third-order valence-electron chi connectivity index (χ3n) is 1.90. The number of aromatic nitrogens is 4. The molecule has 0 fully saturated rings. The zero-order chi connectivity index (χ0) is 10.1. The summed E-state index contributed by atoms with van der Waals surface area (Å²) in [6.45, 7) is 3.91. The van der Waals surface area contributed by atoms with Crippen molar-refractivity contribution in [2.24, 2.45) is 0 Å². The molecule has 5 heteroatoms. The highest BCUT2D eigenvalue weighted by Crippen LogP contribution is 2.10. The van der Waals surface area contributed by atoms with Gasteiger partial charge in [-0.25, -0.2) is 14.6 Å². The highest BCUT2D eigenvalue weighted by atomic mass is 15.3. The number of hydrogen-bond acceptors (Lipinski definition) is 4. The Balaban J connectivity index is 2.54. The summed E-state index contributed by atoms with van der Waals surface area (Å²) >= 11 is 0. The second kappa shape index (κ2) is 3.10. The lowest BCUT2D eigenvalue weighted by molar-refractivity contribution is 0.802. The molecule has 2 heterocycles. The second-order valence-electron chi connectivity index (χ2n) is 3.14. The molecule has 0 bridgehead atoms. The van der Waals surface area contributed by atoms with Crippen LogP contribution in [-0.4, -0.2) is 19.7 Å². The molecule has 72 valence electrons. The van der Waals surface area contributed by atoms with Crippen molar-refractivity contribution in [3.63, 3.8) is 0 Å². The average molecular weight is 189 g/mol. The van der Waals surface area contributed by atoms with Gasteiger partial charge < -0.3 is 5.73 Å². The molecule has 0 aliphatic carbocycles. The Morgan fingerprint density at radius 1 is 1.21 bits per heavy atom. The number of nitrogen functional groups attached to an aromatic ring is 1. The van der Waals surface area contributed by atoms with Crippen LogP contribution in [0.1, 0.15) is 11.4 Å². The van der Waals surface area contributed by atoms with Crippen LogP contribution in [0.25, 0.3) is 5.82 Å². The maximum atomic E-state index is 5.56. The fourth-order valence-corrected chi connectivity index (χ4v) is 1.34. The molecular formula is C9H11N5. The molecule has 0 aromatic carbocycles. The van der Waals surface area contributed by atoms with Crippen LogP contribution >= 0.6 is 0 Å². The van der Waals surface area contributed by atoms with Gasteiger partial charge in [0.2, 0.25) is 0 Å². The summed E-state index contributed by atoms with van der Waals surface area (Å²) in [7, 11) is 0. The number of hydrogen-bond donors (Lipinski definition) is 1. The Hall–Kier alpha value is -1.91. The molecule has 2 aromatic rings. The molecular weight excluding hydrogens is 178 g/mol. The molecule has 0 saturated heterocycles. The van der Waals surface area contributed by atoms with Crippen molar-refractivity contribution < 1.29 is 0 Å².